The van der Waals surface area contributed by atoms with Crippen LogP contribution in [0.5, 0.6) is 0 Å². The zero-order valence-corrected chi connectivity index (χ0v) is 35.1. The molecule has 0 N–H and O–H groups in total. The van der Waals surface area contributed by atoms with Crippen LogP contribution in [0, 0.1) is 11.2 Å². The second-order valence-electron chi connectivity index (χ2n) is 16.1. The molecular weight excluding hydrogens is 768 g/mol. The molecule has 1 aliphatic carbocycles. The molecule has 5 nitrogen and oxygen atoms in total. The third-order valence-electron chi connectivity index (χ3n) is 11.6. The van der Waals surface area contributed by atoms with Gasteiger partial charge >= 0.3 is 0 Å². The molecule has 1 aromatic heterocycles. The summed E-state index contributed by atoms with van der Waals surface area (Å²) in [4.78, 5) is 2.38. The molecule has 1 fully saturated rings. The van der Waals surface area contributed by atoms with E-state index in [9.17, 15) is 4.39 Å². The van der Waals surface area contributed by atoms with Crippen LogP contribution in [0.4, 0.5) is 4.39 Å². The van der Waals surface area contributed by atoms with Crippen molar-refractivity contribution in [2.45, 2.75) is 83.6 Å². The van der Waals surface area contributed by atoms with Crippen molar-refractivity contribution in [1.82, 2.24) is 0 Å². The zero-order chi connectivity index (χ0) is 41.2. The van der Waals surface area contributed by atoms with Gasteiger partial charge < -0.3 is 23.7 Å². The van der Waals surface area contributed by atoms with Gasteiger partial charge in [-0.05, 0) is 65.4 Å². The first-order valence-corrected chi connectivity index (χ1v) is 21.7. The van der Waals surface area contributed by atoms with Gasteiger partial charge in [-0.3, -0.25) is 0 Å². The summed E-state index contributed by atoms with van der Waals surface area (Å²) < 4.78 is 48.8. The first-order chi connectivity index (χ1) is 29.4. The van der Waals surface area contributed by atoms with E-state index in [4.69, 9.17) is 23.7 Å². The van der Waals surface area contributed by atoms with E-state index in [0.717, 1.165) is 45.5 Å². The van der Waals surface area contributed by atoms with Gasteiger partial charge in [0, 0.05) is 21.6 Å². The van der Waals surface area contributed by atoms with Crippen molar-refractivity contribution < 1.29 is 28.1 Å². The highest BCUT2D eigenvalue weighted by Gasteiger charge is 2.54. The van der Waals surface area contributed by atoms with Gasteiger partial charge in [-0.25, -0.2) is 4.39 Å². The van der Waals surface area contributed by atoms with Crippen molar-refractivity contribution in [3.8, 4) is 10.4 Å². The summed E-state index contributed by atoms with van der Waals surface area (Å²) in [7, 11) is 0. The maximum Gasteiger partial charge on any atom is 0.123 e. The number of rotatable bonds is 17. The number of allylic oxidation sites excluding steroid dienone is 3. The molecule has 60 heavy (non-hydrogen) atoms. The van der Waals surface area contributed by atoms with Crippen molar-refractivity contribution in [3.05, 3.63) is 214 Å². The minimum atomic E-state index is -0.509. The van der Waals surface area contributed by atoms with Crippen LogP contribution in [-0.2, 0) is 56.5 Å². The molecule has 1 unspecified atom stereocenters. The highest BCUT2D eigenvalue weighted by Crippen LogP contribution is 2.46. The molecule has 0 amide bonds. The van der Waals surface area contributed by atoms with Gasteiger partial charge in [0.15, 0.2) is 0 Å². The molecule has 1 saturated heterocycles. The predicted molar refractivity (Wildman–Crippen MR) is 238 cm³/mol. The van der Waals surface area contributed by atoms with E-state index in [0.29, 0.717) is 33.0 Å². The monoisotopic (exact) mass is 820 g/mol. The predicted octanol–water partition coefficient (Wildman–Crippen LogP) is 12.1. The van der Waals surface area contributed by atoms with Crippen LogP contribution in [-0.4, -0.2) is 37.1 Å². The number of halogens is 1. The lowest BCUT2D eigenvalue weighted by Crippen LogP contribution is -2.64. The van der Waals surface area contributed by atoms with Crippen molar-refractivity contribution in [1.29, 1.82) is 0 Å². The van der Waals surface area contributed by atoms with Crippen LogP contribution in [0.2, 0.25) is 0 Å². The van der Waals surface area contributed by atoms with Crippen LogP contribution in [0.15, 0.2) is 181 Å². The Balaban J connectivity index is 1.13. The summed E-state index contributed by atoms with van der Waals surface area (Å²) in [5.74, 6) is -0.229. The molecule has 0 saturated carbocycles. The molecule has 6 aromatic rings. The van der Waals surface area contributed by atoms with E-state index >= 15 is 0 Å². The quantitative estimate of drug-likeness (QED) is 0.0917. The molecule has 2 aliphatic rings. The molecule has 8 rings (SSSR count). The Morgan fingerprint density at radius 1 is 0.617 bits per heavy atom. The number of ether oxygens (including phenoxy) is 5. The Morgan fingerprint density at radius 3 is 1.70 bits per heavy atom. The lowest BCUT2D eigenvalue weighted by Gasteiger charge is -2.52. The van der Waals surface area contributed by atoms with Crippen LogP contribution in [0.3, 0.4) is 0 Å². The minimum Gasteiger partial charge on any atom is -0.374 e. The maximum absolute atomic E-state index is 13.7. The van der Waals surface area contributed by atoms with Crippen LogP contribution in [0.25, 0.3) is 10.4 Å². The van der Waals surface area contributed by atoms with E-state index in [1.165, 1.54) is 28.2 Å². The average Bonchev–Trinajstić information content (AvgIpc) is 3.76. The summed E-state index contributed by atoms with van der Waals surface area (Å²) in [5, 5.41) is 0. The highest BCUT2D eigenvalue weighted by atomic mass is 32.1. The third-order valence-corrected chi connectivity index (χ3v) is 12.7. The zero-order valence-electron chi connectivity index (χ0n) is 34.3. The van der Waals surface area contributed by atoms with Gasteiger partial charge in [0.05, 0.1) is 39.1 Å². The highest BCUT2D eigenvalue weighted by molar-refractivity contribution is 7.15. The smallest absolute Gasteiger partial charge is 0.123 e. The van der Waals surface area contributed by atoms with Gasteiger partial charge in [0.2, 0.25) is 0 Å². The Bertz CT molecular complexity index is 2290. The number of thiophene rings is 1. The lowest BCUT2D eigenvalue weighted by molar-refractivity contribution is -0.287. The van der Waals surface area contributed by atoms with Crippen LogP contribution >= 0.6 is 11.3 Å². The Kier molecular flexibility index (Phi) is 13.9. The van der Waals surface area contributed by atoms with E-state index in [-0.39, 0.29) is 5.82 Å². The Hall–Kier alpha value is -4.99. The van der Waals surface area contributed by atoms with E-state index in [1.54, 1.807) is 11.3 Å². The van der Waals surface area contributed by atoms with Gasteiger partial charge in [-0.2, -0.15) is 0 Å². The second kappa shape index (κ2) is 20.0. The first-order valence-electron chi connectivity index (χ1n) is 20.9. The summed E-state index contributed by atoms with van der Waals surface area (Å²) >= 11 is 1.76. The summed E-state index contributed by atoms with van der Waals surface area (Å²) in [6, 6.07) is 52.1. The number of benzene rings is 5. The molecule has 5 aromatic carbocycles. The number of hydrogen-bond acceptors (Lipinski definition) is 6. The molecule has 1 aliphatic heterocycles. The normalized spacial score (nSPS) is 22.9. The topological polar surface area (TPSA) is 46.2 Å². The summed E-state index contributed by atoms with van der Waals surface area (Å²) in [6.45, 7) is 6.41. The van der Waals surface area contributed by atoms with Crippen molar-refractivity contribution in [3.63, 3.8) is 0 Å². The Labute approximate surface area is 358 Å². The third kappa shape index (κ3) is 10.7. The van der Waals surface area contributed by atoms with Crippen molar-refractivity contribution >= 4 is 11.3 Å². The second-order valence-corrected chi connectivity index (χ2v) is 17.3. The molecule has 2 heterocycles. The van der Waals surface area contributed by atoms with Gasteiger partial charge in [0.25, 0.3) is 0 Å². The summed E-state index contributed by atoms with van der Waals surface area (Å²) in [5.41, 5.74) is 7.46. The van der Waals surface area contributed by atoms with Crippen LogP contribution < -0.4 is 0 Å². The fraction of sp³-hybridized carbons (Fsp3) is 0.283. The SMILES string of the molecule is CC1=C(Cc2ccc(-c3ccc(F)cc3)s2)CC(C)([C@@H]2O[C@H](COCc3ccccc3)[C@@H](OCc3ccccc3)[C@H](OCc3ccccc3)[C@H]2OCc2ccccc2)C=C1. The van der Waals surface area contributed by atoms with Gasteiger partial charge in [-0.15, -0.1) is 11.3 Å². The minimum absolute atomic E-state index is 0.229. The fourth-order valence-electron chi connectivity index (χ4n) is 8.26. The molecule has 0 bridgehead atoms. The van der Waals surface area contributed by atoms with Gasteiger partial charge in [0.1, 0.15) is 30.2 Å². The Morgan fingerprint density at radius 2 is 1.13 bits per heavy atom. The fourth-order valence-corrected chi connectivity index (χ4v) is 9.32. The van der Waals surface area contributed by atoms with E-state index < -0.39 is 35.9 Å². The standard InChI is InChI=1S/C53H53FO5S/c1-38-29-30-53(2,32-44(38)31-46-27-28-48(60-46)43-23-25-45(54)26-24-43)52-51(58-36-42-21-13-6-14-22-42)50(57-35-41-19-11-5-12-20-41)49(56-34-40-17-9-4-10-18-40)47(59-52)37-55-33-39-15-7-3-8-16-39/h3-30,47,49-52H,31-37H2,1-2H3/t47-,49-,50+,51-,52-,53?/m1/s1. The van der Waals surface area contributed by atoms with Crippen LogP contribution in [0.1, 0.15) is 47.4 Å². The molecule has 7 heteroatoms. The molecule has 6 atom stereocenters. The van der Waals surface area contributed by atoms with Crippen molar-refractivity contribution in [2.75, 3.05) is 6.61 Å². The largest absolute Gasteiger partial charge is 0.374 e. The molecule has 308 valence electrons. The van der Waals surface area contributed by atoms with Crippen molar-refractivity contribution in [2.24, 2.45) is 5.41 Å². The molecule has 0 spiro atoms. The van der Waals surface area contributed by atoms with Gasteiger partial charge in [-0.1, -0.05) is 164 Å². The van der Waals surface area contributed by atoms with E-state index in [1.807, 2.05) is 84.9 Å². The molecular formula is C53H53FO5S. The molecule has 0 radical (unpaired) electrons. The maximum atomic E-state index is 13.7. The average molecular weight is 821 g/mol. The first kappa shape index (κ1) is 41.7. The number of hydrogen-bond donors (Lipinski definition) is 0. The lowest BCUT2D eigenvalue weighted by atomic mass is 9.69. The summed E-state index contributed by atoms with van der Waals surface area (Å²) in [6.07, 6.45) is 3.76. The van der Waals surface area contributed by atoms with E-state index in [2.05, 4.69) is 86.7 Å².